The van der Waals surface area contributed by atoms with Crippen LogP contribution >= 0.6 is 0 Å². The zero-order valence-corrected chi connectivity index (χ0v) is 9.95. The smallest absolute Gasteiger partial charge is 0.331 e. The van der Waals surface area contributed by atoms with Crippen molar-refractivity contribution in [1.29, 1.82) is 0 Å². The monoisotopic (exact) mass is 218 g/mol. The number of hydrogen-bond donors (Lipinski definition) is 0. The van der Waals surface area contributed by atoms with Crippen molar-refractivity contribution in [3.63, 3.8) is 0 Å². The number of hydrogen-bond acceptors (Lipinski definition) is 2. The molecule has 3 aliphatic rings. The van der Waals surface area contributed by atoms with Gasteiger partial charge in [0.15, 0.2) is 0 Å². The zero-order valence-electron chi connectivity index (χ0n) is 9.95. The summed E-state index contributed by atoms with van der Waals surface area (Å²) in [6.45, 7) is 4.69. The quantitative estimate of drug-likeness (QED) is 0.461. The summed E-state index contributed by atoms with van der Waals surface area (Å²) in [5.41, 5.74) is 3.01. The number of esters is 1. The molecule has 0 saturated heterocycles. The SMILES string of the molecule is CC1CCC=C2CC3OC(=O)C=C3CC21C. The Morgan fingerprint density at radius 2 is 2.31 bits per heavy atom. The van der Waals surface area contributed by atoms with Crippen LogP contribution in [0, 0.1) is 11.3 Å². The molecule has 0 amide bonds. The zero-order chi connectivity index (χ0) is 11.3. The van der Waals surface area contributed by atoms with E-state index in [0.29, 0.717) is 5.92 Å². The van der Waals surface area contributed by atoms with Gasteiger partial charge < -0.3 is 4.74 Å². The molecule has 86 valence electrons. The molecule has 2 heteroatoms. The molecule has 0 bridgehead atoms. The van der Waals surface area contributed by atoms with Crippen LogP contribution in [0.3, 0.4) is 0 Å². The molecule has 0 aromatic carbocycles. The van der Waals surface area contributed by atoms with Crippen LogP contribution < -0.4 is 0 Å². The molecule has 0 N–H and O–H groups in total. The lowest BCUT2D eigenvalue weighted by Crippen LogP contribution is -2.37. The average molecular weight is 218 g/mol. The van der Waals surface area contributed by atoms with Crippen molar-refractivity contribution in [3.8, 4) is 0 Å². The van der Waals surface area contributed by atoms with Crippen LogP contribution in [0.2, 0.25) is 0 Å². The van der Waals surface area contributed by atoms with E-state index in [2.05, 4.69) is 19.9 Å². The Labute approximate surface area is 96.4 Å². The molecule has 1 aliphatic heterocycles. The molecule has 2 aliphatic carbocycles. The van der Waals surface area contributed by atoms with Gasteiger partial charge in [0.05, 0.1) is 0 Å². The second-order valence-corrected chi connectivity index (χ2v) is 5.65. The van der Waals surface area contributed by atoms with E-state index in [1.165, 1.54) is 24.0 Å². The lowest BCUT2D eigenvalue weighted by Gasteiger charge is -2.46. The average Bonchev–Trinajstić information content (AvgIpc) is 2.56. The van der Waals surface area contributed by atoms with Crippen molar-refractivity contribution in [2.24, 2.45) is 11.3 Å². The highest BCUT2D eigenvalue weighted by Crippen LogP contribution is 2.53. The summed E-state index contributed by atoms with van der Waals surface area (Å²) < 4.78 is 5.32. The standard InChI is InChI=1S/C14H18O2/c1-9-4-3-5-11-7-12-10(6-13(15)16-12)8-14(9,11)2/h5-6,9,12H,3-4,7-8H2,1-2H3. The number of allylic oxidation sites excluding steroid dienone is 1. The molecule has 0 aromatic heterocycles. The second kappa shape index (κ2) is 3.22. The van der Waals surface area contributed by atoms with Crippen molar-refractivity contribution in [1.82, 2.24) is 0 Å². The summed E-state index contributed by atoms with van der Waals surface area (Å²) in [5, 5.41) is 0. The van der Waals surface area contributed by atoms with Crippen LogP contribution in [0.25, 0.3) is 0 Å². The molecule has 0 spiro atoms. The molecule has 3 unspecified atom stereocenters. The molecule has 3 rings (SSSR count). The number of ether oxygens (including phenoxy) is 1. The maximum absolute atomic E-state index is 11.3. The fraction of sp³-hybridized carbons (Fsp3) is 0.643. The minimum atomic E-state index is -0.143. The number of carbonyl (C=O) groups is 1. The molecular weight excluding hydrogens is 200 g/mol. The summed E-state index contributed by atoms with van der Waals surface area (Å²) in [7, 11) is 0. The van der Waals surface area contributed by atoms with Gasteiger partial charge in [0.1, 0.15) is 6.10 Å². The minimum Gasteiger partial charge on any atom is -0.454 e. The molecule has 3 atom stereocenters. The Balaban J connectivity index is 1.98. The molecule has 1 heterocycles. The van der Waals surface area contributed by atoms with Gasteiger partial charge in [0.25, 0.3) is 0 Å². The Morgan fingerprint density at radius 3 is 3.12 bits per heavy atom. The van der Waals surface area contributed by atoms with E-state index in [0.717, 1.165) is 12.8 Å². The fourth-order valence-corrected chi connectivity index (χ4v) is 3.44. The second-order valence-electron chi connectivity index (χ2n) is 5.65. The van der Waals surface area contributed by atoms with Gasteiger partial charge in [0.2, 0.25) is 0 Å². The predicted octanol–water partition coefficient (Wildman–Crippen LogP) is 2.99. The molecule has 16 heavy (non-hydrogen) atoms. The Kier molecular flexibility index (Phi) is 2.04. The Hall–Kier alpha value is -1.05. The predicted molar refractivity (Wildman–Crippen MR) is 61.8 cm³/mol. The van der Waals surface area contributed by atoms with Crippen molar-refractivity contribution in [2.45, 2.75) is 45.6 Å². The van der Waals surface area contributed by atoms with Gasteiger partial charge in [-0.15, -0.1) is 0 Å². The first kappa shape index (κ1) is 10.1. The maximum atomic E-state index is 11.3. The van der Waals surface area contributed by atoms with Crippen LogP contribution in [-0.4, -0.2) is 12.1 Å². The highest BCUT2D eigenvalue weighted by Gasteiger charge is 2.45. The third-order valence-electron chi connectivity index (χ3n) is 4.76. The van der Waals surface area contributed by atoms with E-state index in [1.807, 2.05) is 0 Å². The highest BCUT2D eigenvalue weighted by atomic mass is 16.5. The molecular formula is C14H18O2. The van der Waals surface area contributed by atoms with Gasteiger partial charge in [0, 0.05) is 12.5 Å². The van der Waals surface area contributed by atoms with Crippen molar-refractivity contribution >= 4 is 5.97 Å². The largest absolute Gasteiger partial charge is 0.454 e. The third kappa shape index (κ3) is 1.28. The van der Waals surface area contributed by atoms with E-state index < -0.39 is 0 Å². The number of carbonyl (C=O) groups excluding carboxylic acids is 1. The summed E-state index contributed by atoms with van der Waals surface area (Å²) in [6, 6.07) is 0. The van der Waals surface area contributed by atoms with Crippen LogP contribution in [0.1, 0.15) is 39.5 Å². The fourth-order valence-electron chi connectivity index (χ4n) is 3.44. The topological polar surface area (TPSA) is 26.3 Å². The highest BCUT2D eigenvalue weighted by molar-refractivity contribution is 5.86. The number of rotatable bonds is 0. The van der Waals surface area contributed by atoms with Gasteiger partial charge in [-0.2, -0.15) is 0 Å². The maximum Gasteiger partial charge on any atom is 0.331 e. The van der Waals surface area contributed by atoms with E-state index in [4.69, 9.17) is 4.74 Å². The summed E-state index contributed by atoms with van der Waals surface area (Å²) in [6.07, 6.45) is 8.54. The summed E-state index contributed by atoms with van der Waals surface area (Å²) in [5.74, 6) is 0.570. The Bertz CT molecular complexity index is 405. The van der Waals surface area contributed by atoms with Crippen LogP contribution in [0.4, 0.5) is 0 Å². The molecule has 2 nitrogen and oxygen atoms in total. The normalized spacial score (nSPS) is 41.8. The van der Waals surface area contributed by atoms with Crippen LogP contribution in [-0.2, 0) is 9.53 Å². The lowest BCUT2D eigenvalue weighted by molar-refractivity contribution is -0.139. The first-order valence-electron chi connectivity index (χ1n) is 6.20. The first-order chi connectivity index (χ1) is 7.59. The molecule has 0 aromatic rings. The first-order valence-corrected chi connectivity index (χ1v) is 6.20. The van der Waals surface area contributed by atoms with Crippen LogP contribution in [0.15, 0.2) is 23.3 Å². The van der Waals surface area contributed by atoms with Gasteiger partial charge in [-0.05, 0) is 36.2 Å². The van der Waals surface area contributed by atoms with Crippen molar-refractivity contribution in [3.05, 3.63) is 23.3 Å². The van der Waals surface area contributed by atoms with Crippen molar-refractivity contribution in [2.75, 3.05) is 0 Å². The number of fused-ring (bicyclic) bond motifs is 2. The molecule has 0 radical (unpaired) electrons. The lowest BCUT2D eigenvalue weighted by atomic mass is 9.59. The van der Waals surface area contributed by atoms with E-state index in [9.17, 15) is 4.79 Å². The van der Waals surface area contributed by atoms with Crippen LogP contribution in [0.5, 0.6) is 0 Å². The third-order valence-corrected chi connectivity index (χ3v) is 4.76. The van der Waals surface area contributed by atoms with Gasteiger partial charge >= 0.3 is 5.97 Å². The molecule has 1 fully saturated rings. The van der Waals surface area contributed by atoms with Gasteiger partial charge in [-0.3, -0.25) is 0 Å². The van der Waals surface area contributed by atoms with Crippen molar-refractivity contribution < 1.29 is 9.53 Å². The van der Waals surface area contributed by atoms with E-state index >= 15 is 0 Å². The molecule has 1 saturated carbocycles. The summed E-state index contributed by atoms with van der Waals surface area (Å²) >= 11 is 0. The Morgan fingerprint density at radius 1 is 1.50 bits per heavy atom. The van der Waals surface area contributed by atoms with E-state index in [-0.39, 0.29) is 17.5 Å². The summed E-state index contributed by atoms with van der Waals surface area (Å²) in [4.78, 5) is 11.3. The van der Waals surface area contributed by atoms with E-state index in [1.54, 1.807) is 6.08 Å². The minimum absolute atomic E-state index is 0.0529. The van der Waals surface area contributed by atoms with Gasteiger partial charge in [-0.25, -0.2) is 4.79 Å². The van der Waals surface area contributed by atoms with Gasteiger partial charge in [-0.1, -0.05) is 25.5 Å².